The van der Waals surface area contributed by atoms with Crippen molar-refractivity contribution in [2.75, 3.05) is 39.6 Å². The first-order chi connectivity index (χ1) is 41.1. The van der Waals surface area contributed by atoms with Gasteiger partial charge < -0.3 is 33.8 Å². The van der Waals surface area contributed by atoms with E-state index in [2.05, 4.69) is 55.4 Å². The average molecular weight is 1270 g/mol. The molecule has 0 aliphatic carbocycles. The van der Waals surface area contributed by atoms with Gasteiger partial charge in [-0.1, -0.05) is 274 Å². The second-order valence-corrected chi connectivity index (χ2v) is 28.8. The predicted octanol–water partition coefficient (Wildman–Crippen LogP) is 18.5. The number of carbonyl (C=O) groups excluding carboxylic acids is 4. The Hall–Kier alpha value is -1.94. The summed E-state index contributed by atoms with van der Waals surface area (Å²) >= 11 is 0. The maximum atomic E-state index is 13.0. The highest BCUT2D eigenvalue weighted by Gasteiger charge is 2.30. The number of aliphatic hydroxyl groups is 1. The molecular formula is C67H130O17P2. The van der Waals surface area contributed by atoms with Crippen LogP contribution in [0.4, 0.5) is 0 Å². The van der Waals surface area contributed by atoms with Gasteiger partial charge in [0.1, 0.15) is 19.3 Å². The Labute approximate surface area is 524 Å². The van der Waals surface area contributed by atoms with Crippen LogP contribution in [0.3, 0.4) is 0 Å². The van der Waals surface area contributed by atoms with E-state index in [0.29, 0.717) is 37.5 Å². The number of aliphatic hydroxyl groups excluding tert-OH is 1. The molecule has 0 radical (unpaired) electrons. The maximum absolute atomic E-state index is 13.0. The lowest BCUT2D eigenvalue weighted by Gasteiger charge is -2.21. The van der Waals surface area contributed by atoms with Crippen molar-refractivity contribution in [1.82, 2.24) is 0 Å². The molecule has 0 spiro atoms. The van der Waals surface area contributed by atoms with Gasteiger partial charge in [0.25, 0.3) is 0 Å². The third kappa shape index (κ3) is 59.7. The molecule has 19 heteroatoms. The van der Waals surface area contributed by atoms with Crippen molar-refractivity contribution in [2.24, 2.45) is 23.7 Å². The van der Waals surface area contributed by atoms with Crippen LogP contribution in [0.1, 0.15) is 325 Å². The number of unbranched alkanes of at least 4 members (excludes halogenated alkanes) is 29. The van der Waals surface area contributed by atoms with Crippen molar-refractivity contribution in [2.45, 2.75) is 343 Å². The fraction of sp³-hybridized carbons (Fsp3) is 0.940. The molecule has 0 aromatic carbocycles. The van der Waals surface area contributed by atoms with Crippen molar-refractivity contribution >= 4 is 39.5 Å². The standard InChI is InChI=1S/C67H130O17P2/c1-9-60(8)46-38-30-25-26-34-42-50-67(72)84-63(54-78-65(70)48-40-32-24-18-21-29-37-45-59(6)7)56-82-86(75,76)80-52-61(68)51-79-85(73,74)81-55-62(53-77-64(69)47-39-31-23-17-20-28-36-44-58(4)5)83-66(71)49-41-33-22-16-14-12-10-11-13-15-19-27-35-43-57(2)3/h57-63,68H,9-56H2,1-8H3,(H,73,74)(H,75,76)/t60?,61?,62-,63-/m1/s1. The van der Waals surface area contributed by atoms with Crippen molar-refractivity contribution in [1.29, 1.82) is 0 Å². The summed E-state index contributed by atoms with van der Waals surface area (Å²) in [4.78, 5) is 72.3. The van der Waals surface area contributed by atoms with Crippen molar-refractivity contribution in [3.05, 3.63) is 0 Å². The van der Waals surface area contributed by atoms with Gasteiger partial charge in [-0.25, -0.2) is 9.13 Å². The zero-order chi connectivity index (χ0) is 63.9. The molecule has 510 valence electrons. The van der Waals surface area contributed by atoms with Gasteiger partial charge in [0.05, 0.1) is 26.4 Å². The monoisotopic (exact) mass is 1270 g/mol. The number of rotatable bonds is 64. The van der Waals surface area contributed by atoms with Crippen LogP contribution in [0, 0.1) is 23.7 Å². The molecule has 0 saturated carbocycles. The van der Waals surface area contributed by atoms with Crippen LogP contribution in [-0.2, 0) is 65.4 Å². The summed E-state index contributed by atoms with van der Waals surface area (Å²) in [6.45, 7) is 14.0. The molecule has 0 aliphatic rings. The molecule has 4 unspecified atom stereocenters. The smallest absolute Gasteiger partial charge is 0.462 e. The number of hydrogen-bond donors (Lipinski definition) is 3. The van der Waals surface area contributed by atoms with Gasteiger partial charge in [-0.2, -0.15) is 0 Å². The molecule has 0 amide bonds. The molecular weight excluding hydrogens is 1140 g/mol. The van der Waals surface area contributed by atoms with Crippen molar-refractivity contribution in [3.63, 3.8) is 0 Å². The maximum Gasteiger partial charge on any atom is 0.472 e. The molecule has 0 fully saturated rings. The Balaban J connectivity index is 5.23. The molecule has 0 aromatic heterocycles. The highest BCUT2D eigenvalue weighted by molar-refractivity contribution is 7.47. The average Bonchev–Trinajstić information content (AvgIpc) is 3.61. The first-order valence-electron chi connectivity index (χ1n) is 34.7. The summed E-state index contributed by atoms with van der Waals surface area (Å²) in [6, 6.07) is 0. The third-order valence-corrected chi connectivity index (χ3v) is 17.6. The van der Waals surface area contributed by atoms with E-state index < -0.39 is 97.5 Å². The number of ether oxygens (including phenoxy) is 4. The zero-order valence-electron chi connectivity index (χ0n) is 55.9. The predicted molar refractivity (Wildman–Crippen MR) is 344 cm³/mol. The molecule has 86 heavy (non-hydrogen) atoms. The number of phosphoric ester groups is 2. The van der Waals surface area contributed by atoms with Crippen LogP contribution in [0.25, 0.3) is 0 Å². The molecule has 0 heterocycles. The molecule has 0 bridgehead atoms. The van der Waals surface area contributed by atoms with Gasteiger partial charge in [-0.05, 0) is 49.4 Å². The Morgan fingerprint density at radius 1 is 0.326 bits per heavy atom. The minimum atomic E-state index is -4.95. The number of carbonyl (C=O) groups is 4. The summed E-state index contributed by atoms with van der Waals surface area (Å²) in [6.07, 6.45) is 37.8. The molecule has 6 atom stereocenters. The fourth-order valence-corrected chi connectivity index (χ4v) is 11.5. The summed E-state index contributed by atoms with van der Waals surface area (Å²) in [5.41, 5.74) is 0. The van der Waals surface area contributed by atoms with Crippen LogP contribution in [0.5, 0.6) is 0 Å². The molecule has 0 saturated heterocycles. The van der Waals surface area contributed by atoms with E-state index in [1.54, 1.807) is 0 Å². The summed E-state index contributed by atoms with van der Waals surface area (Å²) < 4.78 is 68.1. The van der Waals surface area contributed by atoms with Crippen LogP contribution < -0.4 is 0 Å². The van der Waals surface area contributed by atoms with E-state index in [9.17, 15) is 43.2 Å². The molecule has 17 nitrogen and oxygen atoms in total. The van der Waals surface area contributed by atoms with E-state index >= 15 is 0 Å². The van der Waals surface area contributed by atoms with E-state index in [1.165, 1.54) is 116 Å². The SMILES string of the molecule is CCC(C)CCCCCCCCC(=O)O[C@H](COC(=O)CCCCCCCCCC(C)C)COP(=O)(O)OCC(O)COP(=O)(O)OC[C@@H](COC(=O)CCCCCCCCCC(C)C)OC(=O)CCCCCCCCCCCCCCCC(C)C. The minimum absolute atomic E-state index is 0.102. The largest absolute Gasteiger partial charge is 0.472 e. The summed E-state index contributed by atoms with van der Waals surface area (Å²) in [5.74, 6) is 0.779. The lowest BCUT2D eigenvalue weighted by molar-refractivity contribution is -0.161. The second kappa shape index (κ2) is 57.0. The Bertz CT molecular complexity index is 1720. The quantitative estimate of drug-likeness (QED) is 0.0222. The van der Waals surface area contributed by atoms with Crippen molar-refractivity contribution in [3.8, 4) is 0 Å². The zero-order valence-corrected chi connectivity index (χ0v) is 57.7. The Morgan fingerprint density at radius 2 is 0.558 bits per heavy atom. The fourth-order valence-electron chi connectivity index (χ4n) is 9.93. The molecule has 0 aliphatic heterocycles. The molecule has 3 N–H and O–H groups in total. The van der Waals surface area contributed by atoms with Gasteiger partial charge in [0, 0.05) is 25.7 Å². The minimum Gasteiger partial charge on any atom is -0.462 e. The topological polar surface area (TPSA) is 237 Å². The van der Waals surface area contributed by atoms with Crippen LogP contribution in [0.15, 0.2) is 0 Å². The summed E-state index contributed by atoms with van der Waals surface area (Å²) in [7, 11) is -9.90. The Morgan fingerprint density at radius 3 is 0.826 bits per heavy atom. The molecule has 0 aromatic rings. The van der Waals surface area contributed by atoms with E-state index in [0.717, 1.165) is 115 Å². The van der Waals surface area contributed by atoms with Gasteiger partial charge in [0.2, 0.25) is 0 Å². The lowest BCUT2D eigenvalue weighted by atomic mass is 10.00. The Kier molecular flexibility index (Phi) is 55.7. The number of hydrogen-bond acceptors (Lipinski definition) is 15. The van der Waals surface area contributed by atoms with E-state index in [1.807, 2.05) is 0 Å². The van der Waals surface area contributed by atoms with Gasteiger partial charge >= 0.3 is 39.5 Å². The first kappa shape index (κ1) is 84.1. The second-order valence-electron chi connectivity index (χ2n) is 25.9. The highest BCUT2D eigenvalue weighted by Crippen LogP contribution is 2.45. The van der Waals surface area contributed by atoms with Crippen molar-refractivity contribution < 1.29 is 80.2 Å². The lowest BCUT2D eigenvalue weighted by Crippen LogP contribution is -2.30. The van der Waals surface area contributed by atoms with Crippen LogP contribution >= 0.6 is 15.6 Å². The van der Waals surface area contributed by atoms with Gasteiger partial charge in [-0.15, -0.1) is 0 Å². The summed E-state index contributed by atoms with van der Waals surface area (Å²) in [5, 5.41) is 10.6. The van der Waals surface area contributed by atoms with Gasteiger partial charge in [0.15, 0.2) is 12.2 Å². The highest BCUT2D eigenvalue weighted by atomic mass is 31.2. The number of esters is 4. The van der Waals surface area contributed by atoms with Crippen LogP contribution in [0.2, 0.25) is 0 Å². The third-order valence-electron chi connectivity index (χ3n) is 15.7. The molecule has 0 rings (SSSR count). The first-order valence-corrected chi connectivity index (χ1v) is 37.7. The van der Waals surface area contributed by atoms with Crippen LogP contribution in [-0.4, -0.2) is 96.7 Å². The number of phosphoric acid groups is 2. The van der Waals surface area contributed by atoms with E-state index in [4.69, 9.17) is 37.0 Å². The van der Waals surface area contributed by atoms with E-state index in [-0.39, 0.29) is 25.7 Å². The van der Waals surface area contributed by atoms with Gasteiger partial charge in [-0.3, -0.25) is 37.3 Å². The normalized spacial score (nSPS) is 14.7.